The molecule has 1 amide bonds. The first-order valence-electron chi connectivity index (χ1n) is 6.69. The summed E-state index contributed by atoms with van der Waals surface area (Å²) in [6, 6.07) is 2.18. The lowest BCUT2D eigenvalue weighted by Gasteiger charge is -2.34. The van der Waals surface area contributed by atoms with Crippen LogP contribution in [0.1, 0.15) is 32.1 Å². The number of carbonyl (C=O) groups is 1. The summed E-state index contributed by atoms with van der Waals surface area (Å²) in [5.41, 5.74) is 0. The van der Waals surface area contributed by atoms with Crippen LogP contribution in [-0.2, 0) is 4.79 Å². The minimum atomic E-state index is 0.211. The Balaban J connectivity index is 1.79. The van der Waals surface area contributed by atoms with Crippen molar-refractivity contribution in [3.8, 4) is 6.07 Å². The topological polar surface area (TPSA) is 47.3 Å². The van der Waals surface area contributed by atoms with E-state index >= 15 is 0 Å². The van der Waals surface area contributed by atoms with Gasteiger partial charge in [-0.05, 0) is 45.2 Å². The van der Waals surface area contributed by atoms with E-state index in [4.69, 9.17) is 5.26 Å². The fourth-order valence-corrected chi connectivity index (χ4v) is 2.81. The summed E-state index contributed by atoms with van der Waals surface area (Å²) in [6.07, 6.45) is 5.45. The van der Waals surface area contributed by atoms with Gasteiger partial charge in [-0.2, -0.15) is 5.26 Å². The molecule has 0 unspecified atom stereocenters. The molecule has 0 aromatic rings. The molecule has 0 atom stereocenters. The van der Waals surface area contributed by atoms with E-state index in [-0.39, 0.29) is 5.92 Å². The Morgan fingerprint density at radius 1 is 1.12 bits per heavy atom. The maximum Gasteiger partial charge on any atom is 0.225 e. The van der Waals surface area contributed by atoms with E-state index in [9.17, 15) is 4.79 Å². The summed E-state index contributed by atoms with van der Waals surface area (Å²) in [4.78, 5) is 16.4. The summed E-state index contributed by atoms with van der Waals surface area (Å²) < 4.78 is 0. The number of piperidine rings is 2. The molecule has 0 saturated carbocycles. The molecule has 94 valence electrons. The summed E-state index contributed by atoms with van der Waals surface area (Å²) in [6.45, 7) is 4.22. The number of hydrogen-bond acceptors (Lipinski definition) is 3. The number of rotatable bonds is 2. The van der Waals surface area contributed by atoms with Gasteiger partial charge in [0.25, 0.3) is 0 Å². The third kappa shape index (κ3) is 3.19. The zero-order valence-corrected chi connectivity index (χ0v) is 10.4. The molecule has 2 aliphatic heterocycles. The van der Waals surface area contributed by atoms with Gasteiger partial charge < -0.3 is 4.90 Å². The van der Waals surface area contributed by atoms with Crippen LogP contribution in [0.25, 0.3) is 0 Å². The van der Waals surface area contributed by atoms with Crippen LogP contribution < -0.4 is 0 Å². The van der Waals surface area contributed by atoms with Gasteiger partial charge in [-0.25, -0.2) is 0 Å². The SMILES string of the molecule is N#CCN1CCC(C(=O)N2CCCCC2)CC1. The van der Waals surface area contributed by atoms with Crippen LogP contribution in [0.2, 0.25) is 0 Å². The summed E-state index contributed by atoms with van der Waals surface area (Å²) in [5.74, 6) is 0.573. The van der Waals surface area contributed by atoms with Gasteiger partial charge in [0.15, 0.2) is 0 Å². The van der Waals surface area contributed by atoms with Gasteiger partial charge in [0.05, 0.1) is 12.6 Å². The Labute approximate surface area is 103 Å². The highest BCUT2D eigenvalue weighted by Gasteiger charge is 2.28. The lowest BCUT2D eigenvalue weighted by atomic mass is 9.94. The van der Waals surface area contributed by atoms with Crippen molar-refractivity contribution in [3.63, 3.8) is 0 Å². The predicted molar refractivity (Wildman–Crippen MR) is 65.2 cm³/mol. The Bertz CT molecular complexity index is 296. The van der Waals surface area contributed by atoms with Gasteiger partial charge >= 0.3 is 0 Å². The van der Waals surface area contributed by atoms with Crippen molar-refractivity contribution in [2.24, 2.45) is 5.92 Å². The first kappa shape index (κ1) is 12.4. The van der Waals surface area contributed by atoms with Crippen molar-refractivity contribution in [2.75, 3.05) is 32.7 Å². The van der Waals surface area contributed by atoms with Crippen molar-refractivity contribution in [1.82, 2.24) is 9.80 Å². The average Bonchev–Trinajstić information content (AvgIpc) is 2.40. The van der Waals surface area contributed by atoms with Crippen molar-refractivity contribution < 1.29 is 4.79 Å². The van der Waals surface area contributed by atoms with E-state index in [1.54, 1.807) is 0 Å². The summed E-state index contributed by atoms with van der Waals surface area (Å²) >= 11 is 0. The lowest BCUT2D eigenvalue weighted by molar-refractivity contribution is -0.137. The zero-order chi connectivity index (χ0) is 12.1. The largest absolute Gasteiger partial charge is 0.342 e. The number of hydrogen-bond donors (Lipinski definition) is 0. The molecular weight excluding hydrogens is 214 g/mol. The minimum Gasteiger partial charge on any atom is -0.342 e. The molecule has 0 bridgehead atoms. The third-order valence-electron chi connectivity index (χ3n) is 3.90. The molecule has 0 aromatic carbocycles. The molecule has 2 fully saturated rings. The summed E-state index contributed by atoms with van der Waals surface area (Å²) in [5, 5.41) is 8.63. The second kappa shape index (κ2) is 6.02. The molecule has 0 aromatic heterocycles. The van der Waals surface area contributed by atoms with Crippen molar-refractivity contribution in [1.29, 1.82) is 5.26 Å². The highest BCUT2D eigenvalue weighted by atomic mass is 16.2. The molecule has 4 heteroatoms. The number of carbonyl (C=O) groups excluding carboxylic acids is 1. The smallest absolute Gasteiger partial charge is 0.225 e. The van der Waals surface area contributed by atoms with E-state index in [0.717, 1.165) is 39.0 Å². The third-order valence-corrected chi connectivity index (χ3v) is 3.90. The second-order valence-electron chi connectivity index (χ2n) is 5.09. The van der Waals surface area contributed by atoms with Crippen LogP contribution in [0.4, 0.5) is 0 Å². The average molecular weight is 235 g/mol. The number of nitrogens with zero attached hydrogens (tertiary/aromatic N) is 3. The van der Waals surface area contributed by atoms with E-state index in [0.29, 0.717) is 12.5 Å². The summed E-state index contributed by atoms with van der Waals surface area (Å²) in [7, 11) is 0. The molecule has 2 rings (SSSR count). The molecule has 4 nitrogen and oxygen atoms in total. The lowest BCUT2D eigenvalue weighted by Crippen LogP contribution is -2.44. The zero-order valence-electron chi connectivity index (χ0n) is 10.4. The van der Waals surface area contributed by atoms with E-state index in [1.165, 1.54) is 19.3 Å². The monoisotopic (exact) mass is 235 g/mol. The fourth-order valence-electron chi connectivity index (χ4n) is 2.81. The molecule has 2 saturated heterocycles. The normalized spacial score (nSPS) is 23.4. The Hall–Kier alpha value is -1.08. The van der Waals surface area contributed by atoms with Crippen molar-refractivity contribution in [2.45, 2.75) is 32.1 Å². The van der Waals surface area contributed by atoms with E-state index < -0.39 is 0 Å². The van der Waals surface area contributed by atoms with Crippen LogP contribution in [0, 0.1) is 17.2 Å². The van der Waals surface area contributed by atoms with E-state index in [2.05, 4.69) is 11.0 Å². The Kier molecular flexibility index (Phi) is 4.38. The van der Waals surface area contributed by atoms with Crippen LogP contribution in [0.5, 0.6) is 0 Å². The molecule has 17 heavy (non-hydrogen) atoms. The van der Waals surface area contributed by atoms with Gasteiger partial charge in [0.1, 0.15) is 0 Å². The van der Waals surface area contributed by atoms with Crippen molar-refractivity contribution >= 4 is 5.91 Å². The maximum absolute atomic E-state index is 12.3. The molecule has 2 aliphatic rings. The molecule has 0 aliphatic carbocycles. The quantitative estimate of drug-likeness (QED) is 0.676. The first-order chi connectivity index (χ1) is 8.31. The minimum absolute atomic E-state index is 0.211. The fraction of sp³-hybridized carbons (Fsp3) is 0.846. The second-order valence-corrected chi connectivity index (χ2v) is 5.09. The predicted octanol–water partition coefficient (Wildman–Crippen LogP) is 1.23. The first-order valence-corrected chi connectivity index (χ1v) is 6.69. The molecule has 0 spiro atoms. The maximum atomic E-state index is 12.3. The van der Waals surface area contributed by atoms with Gasteiger partial charge in [0.2, 0.25) is 5.91 Å². The standard InChI is InChI=1S/C13H21N3O/c14-6-11-15-9-4-12(5-10-15)13(17)16-7-2-1-3-8-16/h12H,1-5,7-11H2. The Morgan fingerprint density at radius 3 is 2.35 bits per heavy atom. The van der Waals surface area contributed by atoms with Gasteiger partial charge in [-0.15, -0.1) is 0 Å². The highest BCUT2D eigenvalue weighted by molar-refractivity contribution is 5.79. The molecule has 0 radical (unpaired) electrons. The van der Waals surface area contributed by atoms with Crippen LogP contribution in [0.15, 0.2) is 0 Å². The van der Waals surface area contributed by atoms with Gasteiger partial charge in [-0.3, -0.25) is 9.69 Å². The van der Waals surface area contributed by atoms with E-state index in [1.807, 2.05) is 4.90 Å². The number of amides is 1. The van der Waals surface area contributed by atoms with Crippen LogP contribution in [-0.4, -0.2) is 48.4 Å². The van der Waals surface area contributed by atoms with Gasteiger partial charge in [-0.1, -0.05) is 0 Å². The van der Waals surface area contributed by atoms with Crippen LogP contribution in [0.3, 0.4) is 0 Å². The van der Waals surface area contributed by atoms with Gasteiger partial charge in [0, 0.05) is 19.0 Å². The number of likely N-dealkylation sites (tertiary alicyclic amines) is 2. The molecular formula is C13H21N3O. The highest BCUT2D eigenvalue weighted by Crippen LogP contribution is 2.21. The van der Waals surface area contributed by atoms with Crippen molar-refractivity contribution in [3.05, 3.63) is 0 Å². The Morgan fingerprint density at radius 2 is 1.76 bits per heavy atom. The molecule has 2 heterocycles. The molecule has 0 N–H and O–H groups in total. The number of nitriles is 1. The van der Waals surface area contributed by atoms with Crippen LogP contribution >= 0.6 is 0 Å².